The first-order valence-corrected chi connectivity index (χ1v) is 8.33. The average molecular weight is 384 g/mol. The van der Waals surface area contributed by atoms with Crippen LogP contribution in [0.4, 0.5) is 0 Å². The molecule has 0 aliphatic heterocycles. The maximum atomic E-state index is 6.03. The fourth-order valence-corrected chi connectivity index (χ4v) is 3.07. The molecule has 0 spiro atoms. The minimum Gasteiger partial charge on any atom is -0.327 e. The first-order valence-electron chi connectivity index (χ1n) is 6.62. The second kappa shape index (κ2) is 6.39. The third-order valence-corrected chi connectivity index (χ3v) is 4.43. The highest BCUT2D eigenvalue weighted by atomic mass is 79.9. The summed E-state index contributed by atoms with van der Waals surface area (Å²) in [6.07, 6.45) is 0.916. The number of benzene rings is 2. The van der Waals surface area contributed by atoms with Gasteiger partial charge >= 0.3 is 0 Å². The van der Waals surface area contributed by atoms with Crippen LogP contribution in [0.5, 0.6) is 0 Å². The maximum Gasteiger partial charge on any atom is 0.124 e. The molecule has 21 heavy (non-hydrogen) atoms. The Morgan fingerprint density at radius 2 is 1.86 bits per heavy atom. The van der Waals surface area contributed by atoms with Crippen molar-refractivity contribution >= 4 is 50.2 Å². The molecule has 0 amide bonds. The van der Waals surface area contributed by atoms with Crippen LogP contribution in [-0.4, -0.2) is 9.55 Å². The van der Waals surface area contributed by atoms with Gasteiger partial charge in [0.1, 0.15) is 5.82 Å². The lowest BCUT2D eigenvalue weighted by Gasteiger charge is -2.08. The highest BCUT2D eigenvalue weighted by Gasteiger charge is 2.10. The molecule has 0 saturated heterocycles. The Hall–Kier alpha value is -1.03. The fraction of sp³-hybridized carbons (Fsp3) is 0.188. The summed E-state index contributed by atoms with van der Waals surface area (Å²) in [5, 5.41) is 0.761. The van der Waals surface area contributed by atoms with Crippen molar-refractivity contribution in [2.75, 3.05) is 0 Å². The van der Waals surface area contributed by atoms with E-state index in [4.69, 9.17) is 23.2 Å². The molecule has 0 aliphatic rings. The third-order valence-electron chi connectivity index (χ3n) is 3.45. The number of nitrogens with zero attached hydrogens (tertiary/aromatic N) is 2. The molecule has 5 heteroatoms. The van der Waals surface area contributed by atoms with Crippen LogP contribution in [0.3, 0.4) is 0 Å². The predicted molar refractivity (Wildman–Crippen MR) is 92.1 cm³/mol. The molecule has 3 rings (SSSR count). The van der Waals surface area contributed by atoms with E-state index in [-0.39, 0.29) is 0 Å². The molecule has 0 bridgehead atoms. The van der Waals surface area contributed by atoms with Crippen LogP contribution in [0, 0.1) is 0 Å². The van der Waals surface area contributed by atoms with Crippen molar-refractivity contribution in [2.45, 2.75) is 18.8 Å². The molecule has 0 fully saturated rings. The Labute approximate surface area is 141 Å². The molecule has 108 valence electrons. The van der Waals surface area contributed by atoms with Gasteiger partial charge in [-0.25, -0.2) is 4.98 Å². The first-order chi connectivity index (χ1) is 10.2. The quantitative estimate of drug-likeness (QED) is 0.549. The minimum absolute atomic E-state index is 0.410. The number of rotatable bonds is 4. The number of hydrogen-bond donors (Lipinski definition) is 0. The second-order valence-electron chi connectivity index (χ2n) is 4.82. The molecule has 0 unspecified atom stereocenters. The van der Waals surface area contributed by atoms with E-state index in [1.54, 1.807) is 0 Å². The van der Waals surface area contributed by atoms with Crippen LogP contribution in [0.15, 0.2) is 46.9 Å². The summed E-state index contributed by atoms with van der Waals surface area (Å²) in [7, 11) is 0. The molecule has 1 aromatic heterocycles. The Bertz CT molecular complexity index is 766. The van der Waals surface area contributed by atoms with Gasteiger partial charge in [-0.1, -0.05) is 39.7 Å². The first kappa shape index (κ1) is 14.9. The van der Waals surface area contributed by atoms with Crippen LogP contribution in [0.2, 0.25) is 5.02 Å². The van der Waals surface area contributed by atoms with Gasteiger partial charge in [0.05, 0.1) is 16.9 Å². The van der Waals surface area contributed by atoms with Gasteiger partial charge < -0.3 is 4.57 Å². The lowest BCUT2D eigenvalue weighted by molar-refractivity contribution is 0.688. The smallest absolute Gasteiger partial charge is 0.124 e. The predicted octanol–water partition coefficient (Wildman–Crippen LogP) is 5.43. The van der Waals surface area contributed by atoms with Gasteiger partial charge in [-0.3, -0.25) is 0 Å². The van der Waals surface area contributed by atoms with E-state index in [9.17, 15) is 0 Å². The van der Waals surface area contributed by atoms with E-state index in [1.807, 2.05) is 24.3 Å². The number of aromatic nitrogens is 2. The lowest BCUT2D eigenvalue weighted by Crippen LogP contribution is -2.05. The summed E-state index contributed by atoms with van der Waals surface area (Å²) in [6, 6.07) is 14.0. The van der Waals surface area contributed by atoms with E-state index in [0.29, 0.717) is 5.88 Å². The van der Waals surface area contributed by atoms with E-state index in [0.717, 1.165) is 39.3 Å². The zero-order valence-corrected chi connectivity index (χ0v) is 14.3. The summed E-state index contributed by atoms with van der Waals surface area (Å²) in [5.41, 5.74) is 3.33. The molecular formula is C16H13BrCl2N2. The van der Waals surface area contributed by atoms with Gasteiger partial charge in [-0.15, -0.1) is 11.6 Å². The molecule has 0 saturated carbocycles. The van der Waals surface area contributed by atoms with E-state index in [2.05, 4.69) is 43.7 Å². The van der Waals surface area contributed by atoms with Gasteiger partial charge in [0.15, 0.2) is 0 Å². The number of alkyl halides is 1. The highest BCUT2D eigenvalue weighted by Crippen LogP contribution is 2.22. The number of hydrogen-bond acceptors (Lipinski definition) is 1. The van der Waals surface area contributed by atoms with Crippen molar-refractivity contribution in [2.24, 2.45) is 0 Å². The molecule has 2 nitrogen and oxygen atoms in total. The van der Waals surface area contributed by atoms with Crippen LogP contribution < -0.4 is 0 Å². The van der Waals surface area contributed by atoms with Gasteiger partial charge in [0.2, 0.25) is 0 Å². The summed E-state index contributed by atoms with van der Waals surface area (Å²) < 4.78 is 3.23. The van der Waals surface area contributed by atoms with Crippen LogP contribution in [0.1, 0.15) is 11.4 Å². The van der Waals surface area contributed by atoms with Crippen molar-refractivity contribution in [1.82, 2.24) is 9.55 Å². The van der Waals surface area contributed by atoms with Crippen LogP contribution in [-0.2, 0) is 18.8 Å². The lowest BCUT2D eigenvalue weighted by atomic mass is 10.1. The fourth-order valence-electron chi connectivity index (χ4n) is 2.39. The maximum absolute atomic E-state index is 6.03. The normalized spacial score (nSPS) is 11.2. The minimum atomic E-state index is 0.410. The van der Waals surface area contributed by atoms with E-state index < -0.39 is 0 Å². The van der Waals surface area contributed by atoms with Crippen LogP contribution >= 0.6 is 39.1 Å². The van der Waals surface area contributed by atoms with Crippen LogP contribution in [0.25, 0.3) is 11.0 Å². The number of fused-ring (bicyclic) bond motifs is 1. The molecule has 0 radical (unpaired) electrons. The number of imidazole rings is 1. The topological polar surface area (TPSA) is 17.8 Å². The molecule has 0 aliphatic carbocycles. The summed E-state index contributed by atoms with van der Waals surface area (Å²) in [4.78, 5) is 4.59. The Morgan fingerprint density at radius 3 is 2.57 bits per heavy atom. The third kappa shape index (κ3) is 3.25. The zero-order valence-electron chi connectivity index (χ0n) is 11.2. The molecule has 1 heterocycles. The summed E-state index contributed by atoms with van der Waals surface area (Å²) in [6.45, 7) is 0.844. The van der Waals surface area contributed by atoms with Crippen molar-refractivity contribution < 1.29 is 0 Å². The molecule has 2 aromatic carbocycles. The monoisotopic (exact) mass is 382 g/mol. The zero-order chi connectivity index (χ0) is 14.8. The summed E-state index contributed by atoms with van der Waals surface area (Å²) in [5.74, 6) is 1.31. The largest absolute Gasteiger partial charge is 0.327 e. The molecule has 3 aromatic rings. The highest BCUT2D eigenvalue weighted by molar-refractivity contribution is 9.10. The molecule has 0 atom stereocenters. The molecular weight excluding hydrogens is 371 g/mol. The van der Waals surface area contributed by atoms with Crippen molar-refractivity contribution in [1.29, 1.82) is 0 Å². The molecule has 0 N–H and O–H groups in total. The van der Waals surface area contributed by atoms with E-state index >= 15 is 0 Å². The number of halogens is 3. The Morgan fingerprint density at radius 1 is 1.10 bits per heavy atom. The van der Waals surface area contributed by atoms with Gasteiger partial charge in [-0.2, -0.15) is 0 Å². The second-order valence-corrected chi connectivity index (χ2v) is 6.44. The Kier molecular flexibility index (Phi) is 4.53. The SMILES string of the molecule is ClCc1nc2ccc(Br)cc2n1CCc1ccc(Cl)cc1. The van der Waals surface area contributed by atoms with Crippen molar-refractivity contribution in [3.63, 3.8) is 0 Å². The Balaban J connectivity index is 1.91. The van der Waals surface area contributed by atoms with E-state index in [1.165, 1.54) is 5.56 Å². The standard InChI is InChI=1S/C16H13BrCl2N2/c17-12-3-6-14-15(9-12)21(16(10-18)20-14)8-7-11-1-4-13(19)5-2-11/h1-6,9H,7-8,10H2. The van der Waals surface area contributed by atoms with Gasteiger partial charge in [0.25, 0.3) is 0 Å². The van der Waals surface area contributed by atoms with Crippen molar-refractivity contribution in [3.8, 4) is 0 Å². The van der Waals surface area contributed by atoms with Gasteiger partial charge in [-0.05, 0) is 42.3 Å². The number of aryl methyl sites for hydroxylation is 2. The van der Waals surface area contributed by atoms with Gasteiger partial charge in [0, 0.05) is 16.0 Å². The van der Waals surface area contributed by atoms with Crippen molar-refractivity contribution in [3.05, 3.63) is 63.3 Å². The summed E-state index contributed by atoms with van der Waals surface area (Å²) >= 11 is 15.5. The average Bonchev–Trinajstić information content (AvgIpc) is 2.84.